The Balaban J connectivity index is 1.73. The quantitative estimate of drug-likeness (QED) is 0.921. The van der Waals surface area contributed by atoms with Crippen molar-refractivity contribution in [1.82, 2.24) is 9.80 Å². The number of hydrogen-bond acceptors (Lipinski definition) is 4. The van der Waals surface area contributed by atoms with E-state index in [2.05, 4.69) is 34.2 Å². The fourth-order valence-electron chi connectivity index (χ4n) is 3.66. The first-order chi connectivity index (χ1) is 9.25. The summed E-state index contributed by atoms with van der Waals surface area (Å²) in [6, 6.07) is 5.76. The van der Waals surface area contributed by atoms with Crippen LogP contribution < -0.4 is 5.73 Å². The molecule has 3 nitrogen and oxygen atoms in total. The highest BCUT2D eigenvalue weighted by Crippen LogP contribution is 2.31. The number of nitrogens with zero attached hydrogens (tertiary/aromatic N) is 2. The molecule has 0 radical (unpaired) electrons. The molecule has 3 atom stereocenters. The first-order valence-corrected chi connectivity index (χ1v) is 8.41. The minimum atomic E-state index is 0.203. The van der Waals surface area contributed by atoms with Crippen LogP contribution in [0.5, 0.6) is 0 Å². The van der Waals surface area contributed by atoms with Crippen LogP contribution in [0.1, 0.15) is 37.1 Å². The fraction of sp³-hybridized carbons (Fsp3) is 0.733. The second-order valence-electron chi connectivity index (χ2n) is 6.00. The van der Waals surface area contributed by atoms with Gasteiger partial charge in [0, 0.05) is 36.6 Å². The van der Waals surface area contributed by atoms with Crippen LogP contribution in [0, 0.1) is 0 Å². The van der Waals surface area contributed by atoms with Crippen molar-refractivity contribution in [2.24, 2.45) is 5.73 Å². The summed E-state index contributed by atoms with van der Waals surface area (Å²) in [7, 11) is 0. The molecule has 3 heterocycles. The molecule has 0 saturated carbocycles. The van der Waals surface area contributed by atoms with E-state index >= 15 is 0 Å². The van der Waals surface area contributed by atoms with Crippen molar-refractivity contribution in [3.05, 3.63) is 22.4 Å². The lowest BCUT2D eigenvalue weighted by atomic mass is 9.97. The SMILES string of the molecule is CC(N)C(c1cccs1)N1CCN2CCCCC2C1. The third-order valence-electron chi connectivity index (χ3n) is 4.59. The Hall–Kier alpha value is -0.420. The van der Waals surface area contributed by atoms with Gasteiger partial charge in [-0.1, -0.05) is 12.5 Å². The lowest BCUT2D eigenvalue weighted by molar-refractivity contribution is 0.0228. The minimum absolute atomic E-state index is 0.203. The molecule has 4 heteroatoms. The number of rotatable bonds is 3. The first kappa shape index (κ1) is 13.6. The summed E-state index contributed by atoms with van der Waals surface area (Å²) in [6.07, 6.45) is 4.15. The van der Waals surface area contributed by atoms with Gasteiger partial charge in [0.05, 0.1) is 6.04 Å². The number of fused-ring (bicyclic) bond motifs is 1. The molecule has 0 aromatic carbocycles. The van der Waals surface area contributed by atoms with Crippen molar-refractivity contribution in [3.8, 4) is 0 Å². The molecule has 2 fully saturated rings. The molecule has 106 valence electrons. The van der Waals surface area contributed by atoms with Crippen LogP contribution in [0.3, 0.4) is 0 Å². The summed E-state index contributed by atoms with van der Waals surface area (Å²) in [5.41, 5.74) is 6.28. The lowest BCUT2D eigenvalue weighted by Crippen LogP contribution is -2.57. The normalized spacial score (nSPS) is 28.8. The van der Waals surface area contributed by atoms with Crippen molar-refractivity contribution in [2.45, 2.75) is 44.3 Å². The number of piperazine rings is 1. The van der Waals surface area contributed by atoms with Crippen LogP contribution in [0.15, 0.2) is 17.5 Å². The lowest BCUT2D eigenvalue weighted by Gasteiger charge is -2.47. The Morgan fingerprint density at radius 1 is 1.32 bits per heavy atom. The fourth-order valence-corrected chi connectivity index (χ4v) is 4.64. The molecular formula is C15H25N3S. The van der Waals surface area contributed by atoms with Crippen LogP contribution in [0.4, 0.5) is 0 Å². The molecule has 0 amide bonds. The minimum Gasteiger partial charge on any atom is -0.326 e. The number of hydrogen-bond donors (Lipinski definition) is 1. The van der Waals surface area contributed by atoms with Crippen molar-refractivity contribution >= 4 is 11.3 Å². The molecule has 1 aromatic rings. The van der Waals surface area contributed by atoms with Crippen molar-refractivity contribution < 1.29 is 0 Å². The van der Waals surface area contributed by atoms with Crippen molar-refractivity contribution in [1.29, 1.82) is 0 Å². The van der Waals surface area contributed by atoms with E-state index in [0.717, 1.165) is 6.04 Å². The molecule has 2 aliphatic heterocycles. The van der Waals surface area contributed by atoms with E-state index in [-0.39, 0.29) is 6.04 Å². The largest absolute Gasteiger partial charge is 0.326 e. The third-order valence-corrected chi connectivity index (χ3v) is 5.54. The summed E-state index contributed by atoms with van der Waals surface area (Å²) in [5, 5.41) is 2.17. The zero-order valence-corrected chi connectivity index (χ0v) is 12.6. The molecule has 19 heavy (non-hydrogen) atoms. The van der Waals surface area contributed by atoms with E-state index in [1.165, 1.54) is 50.3 Å². The summed E-state index contributed by atoms with van der Waals surface area (Å²) < 4.78 is 0. The highest BCUT2D eigenvalue weighted by atomic mass is 32.1. The maximum absolute atomic E-state index is 6.28. The Kier molecular flexibility index (Phi) is 4.22. The molecule has 3 rings (SSSR count). The van der Waals surface area contributed by atoms with Crippen LogP contribution >= 0.6 is 11.3 Å². The van der Waals surface area contributed by atoms with E-state index in [4.69, 9.17) is 5.73 Å². The van der Waals surface area contributed by atoms with Gasteiger partial charge in [0.1, 0.15) is 0 Å². The molecule has 3 unspecified atom stereocenters. The molecule has 0 aliphatic carbocycles. The standard InChI is InChI=1S/C15H25N3S/c1-12(16)15(14-6-4-10-19-14)18-9-8-17-7-3-2-5-13(17)11-18/h4,6,10,12-13,15H,2-3,5,7-9,11,16H2,1H3. The third kappa shape index (κ3) is 2.87. The van der Waals surface area contributed by atoms with Gasteiger partial charge in [-0.2, -0.15) is 0 Å². The average molecular weight is 279 g/mol. The summed E-state index contributed by atoms with van der Waals surface area (Å²) in [4.78, 5) is 6.75. The van der Waals surface area contributed by atoms with Crippen LogP contribution in [-0.2, 0) is 0 Å². The molecular weight excluding hydrogens is 254 g/mol. The smallest absolute Gasteiger partial charge is 0.0591 e. The predicted octanol–water partition coefficient (Wildman–Crippen LogP) is 2.31. The van der Waals surface area contributed by atoms with Gasteiger partial charge in [-0.3, -0.25) is 9.80 Å². The number of thiophene rings is 1. The van der Waals surface area contributed by atoms with Gasteiger partial charge < -0.3 is 5.73 Å². The molecule has 2 aliphatic rings. The second-order valence-corrected chi connectivity index (χ2v) is 6.98. The van der Waals surface area contributed by atoms with E-state index in [1.807, 2.05) is 11.3 Å². The zero-order chi connectivity index (χ0) is 13.2. The highest BCUT2D eigenvalue weighted by molar-refractivity contribution is 7.10. The van der Waals surface area contributed by atoms with Gasteiger partial charge in [0.2, 0.25) is 0 Å². The van der Waals surface area contributed by atoms with Gasteiger partial charge in [-0.15, -0.1) is 11.3 Å². The first-order valence-electron chi connectivity index (χ1n) is 7.53. The number of nitrogens with two attached hydrogens (primary N) is 1. The topological polar surface area (TPSA) is 32.5 Å². The van der Waals surface area contributed by atoms with Gasteiger partial charge >= 0.3 is 0 Å². The summed E-state index contributed by atoms with van der Waals surface area (Å²) in [6.45, 7) is 7.04. The summed E-state index contributed by atoms with van der Waals surface area (Å²) in [5.74, 6) is 0. The molecule has 1 aromatic heterocycles. The van der Waals surface area contributed by atoms with Crippen molar-refractivity contribution in [3.63, 3.8) is 0 Å². The second kappa shape index (κ2) is 5.92. The predicted molar refractivity (Wildman–Crippen MR) is 81.5 cm³/mol. The van der Waals surface area contributed by atoms with Crippen LogP contribution in [0.25, 0.3) is 0 Å². The van der Waals surface area contributed by atoms with Crippen molar-refractivity contribution in [2.75, 3.05) is 26.2 Å². The van der Waals surface area contributed by atoms with E-state index in [9.17, 15) is 0 Å². The van der Waals surface area contributed by atoms with E-state index in [0.29, 0.717) is 6.04 Å². The number of piperidine rings is 1. The van der Waals surface area contributed by atoms with Gasteiger partial charge in [0.15, 0.2) is 0 Å². The maximum Gasteiger partial charge on any atom is 0.0591 e. The van der Waals surface area contributed by atoms with Crippen LogP contribution in [0.2, 0.25) is 0 Å². The maximum atomic E-state index is 6.28. The van der Waals surface area contributed by atoms with Gasteiger partial charge in [-0.05, 0) is 37.8 Å². The Morgan fingerprint density at radius 3 is 2.95 bits per heavy atom. The van der Waals surface area contributed by atoms with Gasteiger partial charge in [-0.25, -0.2) is 0 Å². The zero-order valence-electron chi connectivity index (χ0n) is 11.8. The molecule has 0 bridgehead atoms. The Bertz CT molecular complexity index is 390. The monoisotopic (exact) mass is 279 g/mol. The average Bonchev–Trinajstić information content (AvgIpc) is 2.92. The van der Waals surface area contributed by atoms with Crippen LogP contribution in [-0.4, -0.2) is 48.1 Å². The van der Waals surface area contributed by atoms with Gasteiger partial charge in [0.25, 0.3) is 0 Å². The van der Waals surface area contributed by atoms with E-state index < -0.39 is 0 Å². The Morgan fingerprint density at radius 2 is 2.21 bits per heavy atom. The Labute approximate surface area is 120 Å². The molecule has 2 N–H and O–H groups in total. The highest BCUT2D eigenvalue weighted by Gasteiger charge is 2.34. The van der Waals surface area contributed by atoms with E-state index in [1.54, 1.807) is 0 Å². The summed E-state index contributed by atoms with van der Waals surface area (Å²) >= 11 is 1.85. The molecule has 0 spiro atoms. The molecule has 2 saturated heterocycles.